The molecule has 0 amide bonds. The molecule has 41 heavy (non-hydrogen) atoms. The summed E-state index contributed by atoms with van der Waals surface area (Å²) in [6.07, 6.45) is 0.654. The zero-order valence-corrected chi connectivity index (χ0v) is 21.5. The Morgan fingerprint density at radius 1 is 0.927 bits per heavy atom. The van der Waals surface area contributed by atoms with Gasteiger partial charge in [0.2, 0.25) is 11.9 Å². The second-order valence-corrected chi connectivity index (χ2v) is 9.71. The van der Waals surface area contributed by atoms with E-state index in [0.29, 0.717) is 13.0 Å². The summed E-state index contributed by atoms with van der Waals surface area (Å²) >= 11 is 0. The van der Waals surface area contributed by atoms with Crippen LogP contribution in [0.25, 0.3) is 22.3 Å². The standard InChI is InChI=1S/C23H28N10O8/c34-6-12-10(36)4-14(40-12)32-8-26-16-18(32)28-22(30-20(16)38)24-2-1-3-25-23-29-19-17(21(39)31-23)27-9-33(19)15-5-11(37)13(7-35)41-15/h2,8-15,34-37H,1,3-7H2,(H,28,30,38)(H2,25,29,31,39)/b24-2+/t10-,11-,12+,13+,14+,15+/m0/s1. The fourth-order valence-corrected chi connectivity index (χ4v) is 4.91. The maximum Gasteiger partial charge on any atom is 0.280 e. The number of anilines is 1. The lowest BCUT2D eigenvalue weighted by molar-refractivity contribution is -0.0432. The largest absolute Gasteiger partial charge is 0.394 e. The summed E-state index contributed by atoms with van der Waals surface area (Å²) in [4.78, 5) is 51.4. The van der Waals surface area contributed by atoms with Crippen molar-refractivity contribution < 1.29 is 29.9 Å². The van der Waals surface area contributed by atoms with Gasteiger partial charge in [0.15, 0.2) is 22.3 Å². The topological polar surface area (TPSA) is 251 Å². The number of hydrogen-bond acceptors (Lipinski definition) is 14. The van der Waals surface area contributed by atoms with Crippen LogP contribution in [0.2, 0.25) is 0 Å². The normalized spacial score (nSPS) is 26.6. The number of aliphatic hydroxyl groups is 4. The van der Waals surface area contributed by atoms with Gasteiger partial charge in [0, 0.05) is 32.0 Å². The number of nitrogens with zero attached hydrogens (tertiary/aromatic N) is 7. The summed E-state index contributed by atoms with van der Waals surface area (Å²) in [5.41, 5.74) is -0.270. The minimum absolute atomic E-state index is 0.0401. The van der Waals surface area contributed by atoms with Gasteiger partial charge in [-0.25, -0.2) is 15.0 Å². The van der Waals surface area contributed by atoms with Crippen LogP contribution in [0.4, 0.5) is 11.9 Å². The first-order chi connectivity index (χ1) is 19.9. The molecule has 6 atom stereocenters. The second-order valence-electron chi connectivity index (χ2n) is 9.71. The number of imidazole rings is 2. The maximum atomic E-state index is 12.5. The van der Waals surface area contributed by atoms with E-state index >= 15 is 0 Å². The van der Waals surface area contributed by atoms with Gasteiger partial charge in [-0.1, -0.05) is 0 Å². The molecular formula is C23H28N10O8. The average Bonchev–Trinajstić information content (AvgIpc) is 3.73. The summed E-state index contributed by atoms with van der Waals surface area (Å²) < 4.78 is 14.4. The lowest BCUT2D eigenvalue weighted by Gasteiger charge is -2.13. The fourth-order valence-electron chi connectivity index (χ4n) is 4.91. The Morgan fingerprint density at radius 3 is 2.05 bits per heavy atom. The van der Waals surface area contributed by atoms with Crippen LogP contribution in [-0.4, -0.2) is 110 Å². The van der Waals surface area contributed by atoms with Gasteiger partial charge in [-0.3, -0.25) is 28.7 Å². The fraction of sp³-hybridized carbons (Fsp3) is 0.522. The first kappa shape index (κ1) is 27.1. The Kier molecular flexibility index (Phi) is 7.32. The average molecular weight is 573 g/mol. The Labute approximate surface area is 229 Å². The van der Waals surface area contributed by atoms with Crippen molar-refractivity contribution in [1.82, 2.24) is 39.0 Å². The van der Waals surface area contributed by atoms with Crippen molar-refractivity contribution in [1.29, 1.82) is 0 Å². The van der Waals surface area contributed by atoms with Crippen molar-refractivity contribution in [3.8, 4) is 0 Å². The van der Waals surface area contributed by atoms with E-state index < -0.39 is 48.0 Å². The number of aliphatic hydroxyl groups excluding tert-OH is 4. The zero-order chi connectivity index (χ0) is 28.7. The van der Waals surface area contributed by atoms with E-state index in [1.54, 1.807) is 4.57 Å². The molecule has 2 fully saturated rings. The molecule has 2 aliphatic heterocycles. The van der Waals surface area contributed by atoms with Gasteiger partial charge < -0.3 is 35.2 Å². The molecule has 18 nitrogen and oxygen atoms in total. The van der Waals surface area contributed by atoms with Gasteiger partial charge in [-0.05, 0) is 0 Å². The van der Waals surface area contributed by atoms with Crippen LogP contribution >= 0.6 is 0 Å². The number of aromatic amines is 2. The van der Waals surface area contributed by atoms with Crippen molar-refractivity contribution in [2.75, 3.05) is 25.1 Å². The molecule has 0 bridgehead atoms. The SMILES string of the molecule is O=c1[nH]c(/N=C/CCNc2nc3c(ncn3[C@H]3C[C@H](O)[C@@H](CO)O3)c(=O)[nH]2)nc2c1ncn2[C@H]1C[C@H](O)[C@@H](CO)O1. The van der Waals surface area contributed by atoms with E-state index in [0.717, 1.165) is 0 Å². The lowest BCUT2D eigenvalue weighted by Crippen LogP contribution is -2.24. The summed E-state index contributed by atoms with van der Waals surface area (Å²) in [5.74, 6) is 0.227. The smallest absolute Gasteiger partial charge is 0.280 e. The Morgan fingerprint density at radius 2 is 1.49 bits per heavy atom. The first-order valence-electron chi connectivity index (χ1n) is 12.9. The molecular weight excluding hydrogens is 544 g/mol. The van der Waals surface area contributed by atoms with Gasteiger partial charge in [0.25, 0.3) is 11.1 Å². The van der Waals surface area contributed by atoms with Crippen molar-refractivity contribution >= 4 is 40.4 Å². The predicted molar refractivity (Wildman–Crippen MR) is 141 cm³/mol. The third-order valence-corrected chi connectivity index (χ3v) is 7.02. The number of ether oxygens (including phenoxy) is 2. The van der Waals surface area contributed by atoms with Gasteiger partial charge in [-0.15, -0.1) is 0 Å². The quantitative estimate of drug-likeness (QED) is 0.0851. The van der Waals surface area contributed by atoms with Crippen molar-refractivity contribution in [2.24, 2.45) is 4.99 Å². The van der Waals surface area contributed by atoms with Crippen LogP contribution in [-0.2, 0) is 9.47 Å². The number of aliphatic imine (C=N–C) groups is 1. The van der Waals surface area contributed by atoms with Crippen molar-refractivity contribution in [3.05, 3.63) is 33.4 Å². The molecule has 0 spiro atoms. The van der Waals surface area contributed by atoms with Crippen LogP contribution < -0.4 is 16.4 Å². The second kappa shape index (κ2) is 11.1. The minimum atomic E-state index is -0.859. The molecule has 6 heterocycles. The Hall–Kier alpha value is -4.07. The highest BCUT2D eigenvalue weighted by Gasteiger charge is 2.36. The molecule has 7 N–H and O–H groups in total. The number of fused-ring (bicyclic) bond motifs is 2. The van der Waals surface area contributed by atoms with Gasteiger partial charge in [0.05, 0.1) is 38.1 Å². The number of H-pyrrole nitrogens is 2. The van der Waals surface area contributed by atoms with E-state index in [-0.39, 0.29) is 60.3 Å². The number of aromatic nitrogens is 8. The number of nitrogens with one attached hydrogen (secondary N) is 3. The highest BCUT2D eigenvalue weighted by Crippen LogP contribution is 2.31. The predicted octanol–water partition coefficient (Wildman–Crippen LogP) is -1.96. The number of rotatable bonds is 9. The van der Waals surface area contributed by atoms with Crippen molar-refractivity contribution in [2.45, 2.75) is 56.1 Å². The minimum Gasteiger partial charge on any atom is -0.394 e. The lowest BCUT2D eigenvalue weighted by atomic mass is 10.2. The van der Waals surface area contributed by atoms with E-state index in [4.69, 9.17) is 9.47 Å². The summed E-state index contributed by atoms with van der Waals surface area (Å²) in [7, 11) is 0. The molecule has 4 aromatic heterocycles. The zero-order valence-electron chi connectivity index (χ0n) is 21.5. The molecule has 0 aliphatic carbocycles. The molecule has 2 saturated heterocycles. The molecule has 4 aromatic rings. The van der Waals surface area contributed by atoms with Gasteiger partial charge in [0.1, 0.15) is 24.7 Å². The first-order valence-corrected chi connectivity index (χ1v) is 12.9. The molecule has 2 aliphatic rings. The van der Waals surface area contributed by atoms with Crippen LogP contribution in [0, 0.1) is 0 Å². The number of hydrogen-bond donors (Lipinski definition) is 7. The van der Waals surface area contributed by atoms with E-state index in [9.17, 15) is 30.0 Å². The van der Waals surface area contributed by atoms with Crippen LogP contribution in [0.3, 0.4) is 0 Å². The summed E-state index contributed by atoms with van der Waals surface area (Å²) in [5, 5.41) is 41.8. The highest BCUT2D eigenvalue weighted by molar-refractivity contribution is 5.72. The molecule has 0 unspecified atom stereocenters. The molecule has 18 heteroatoms. The summed E-state index contributed by atoms with van der Waals surface area (Å²) in [6, 6.07) is 0. The molecule has 0 radical (unpaired) electrons. The third kappa shape index (κ3) is 5.11. The third-order valence-electron chi connectivity index (χ3n) is 7.02. The van der Waals surface area contributed by atoms with E-state index in [2.05, 4.69) is 40.2 Å². The summed E-state index contributed by atoms with van der Waals surface area (Å²) in [6.45, 7) is -0.358. The van der Waals surface area contributed by atoms with Crippen LogP contribution in [0.15, 0.2) is 27.2 Å². The Balaban J connectivity index is 1.13. The van der Waals surface area contributed by atoms with E-state index in [1.807, 2.05) is 0 Å². The Bertz CT molecular complexity index is 1700. The van der Waals surface area contributed by atoms with Crippen LogP contribution in [0.1, 0.15) is 31.7 Å². The van der Waals surface area contributed by atoms with Gasteiger partial charge >= 0.3 is 0 Å². The highest BCUT2D eigenvalue weighted by atomic mass is 16.5. The molecule has 0 aromatic carbocycles. The molecule has 0 saturated carbocycles. The van der Waals surface area contributed by atoms with E-state index in [1.165, 1.54) is 23.4 Å². The van der Waals surface area contributed by atoms with Crippen LogP contribution in [0.5, 0.6) is 0 Å². The van der Waals surface area contributed by atoms with Crippen molar-refractivity contribution in [3.63, 3.8) is 0 Å². The molecule has 218 valence electrons. The molecule has 6 rings (SSSR count). The van der Waals surface area contributed by atoms with Gasteiger partial charge in [-0.2, -0.15) is 9.97 Å². The monoisotopic (exact) mass is 572 g/mol. The maximum absolute atomic E-state index is 12.5.